The number of likely N-dealkylation sites (tertiary alicyclic amines) is 1. The lowest BCUT2D eigenvalue weighted by atomic mass is 9.63. The van der Waals surface area contributed by atoms with E-state index in [-0.39, 0.29) is 18.1 Å². The first-order valence-corrected chi connectivity index (χ1v) is 5.30. The Morgan fingerprint density at radius 3 is 2.50 bits per heavy atom. The number of hydrogen-bond acceptors (Lipinski definition) is 2. The number of nitrogens with zero attached hydrogens (tertiary/aromatic N) is 1. The van der Waals surface area contributed by atoms with Gasteiger partial charge in [-0.25, -0.2) is 4.79 Å². The fourth-order valence-corrected chi connectivity index (χ4v) is 3.01. The van der Waals surface area contributed by atoms with Crippen molar-refractivity contribution in [3.8, 4) is 0 Å². The van der Waals surface area contributed by atoms with Gasteiger partial charge < -0.3 is 15.1 Å². The topological polar surface area (TPSA) is 60.8 Å². The van der Waals surface area contributed by atoms with Crippen molar-refractivity contribution in [2.24, 2.45) is 5.41 Å². The first kappa shape index (κ1) is 9.77. The Morgan fingerprint density at radius 2 is 2.00 bits per heavy atom. The highest BCUT2D eigenvalue weighted by Gasteiger charge is 2.54. The summed E-state index contributed by atoms with van der Waals surface area (Å²) in [7, 11) is 0. The van der Waals surface area contributed by atoms with E-state index in [1.54, 1.807) is 0 Å². The Labute approximate surface area is 83.5 Å². The number of amides is 1. The zero-order valence-corrected chi connectivity index (χ0v) is 8.28. The van der Waals surface area contributed by atoms with E-state index >= 15 is 0 Å². The van der Waals surface area contributed by atoms with Crippen LogP contribution in [-0.2, 0) is 0 Å². The highest BCUT2D eigenvalue weighted by molar-refractivity contribution is 5.67. The first-order chi connectivity index (χ1) is 6.69. The molecule has 0 aromatic heterocycles. The smallest absolute Gasteiger partial charge is 0.407 e. The molecule has 4 heteroatoms. The molecule has 1 amide bonds. The molecule has 1 atom stereocenters. The van der Waals surface area contributed by atoms with Gasteiger partial charge in [-0.3, -0.25) is 0 Å². The largest absolute Gasteiger partial charge is 0.465 e. The Balaban J connectivity index is 2.05. The van der Waals surface area contributed by atoms with Crippen molar-refractivity contribution < 1.29 is 15.0 Å². The van der Waals surface area contributed by atoms with Crippen LogP contribution >= 0.6 is 0 Å². The predicted molar refractivity (Wildman–Crippen MR) is 51.1 cm³/mol. The highest BCUT2D eigenvalue weighted by Crippen LogP contribution is 2.48. The molecule has 1 unspecified atom stereocenters. The van der Waals surface area contributed by atoms with E-state index in [2.05, 4.69) is 0 Å². The third-order valence-corrected chi connectivity index (χ3v) is 3.84. The van der Waals surface area contributed by atoms with Crippen molar-refractivity contribution in [2.45, 2.75) is 38.1 Å². The second-order valence-electron chi connectivity index (χ2n) is 4.53. The standard InChI is InChI=1S/C10H17NO3/c12-6-8-10(4-2-1-3-5-10)7-11(8)9(13)14/h8,12H,1-7H2,(H,13,14). The maximum Gasteiger partial charge on any atom is 0.407 e. The molecule has 2 rings (SSSR count). The van der Waals surface area contributed by atoms with E-state index in [9.17, 15) is 9.90 Å². The lowest BCUT2D eigenvalue weighted by molar-refractivity contribution is -0.0988. The van der Waals surface area contributed by atoms with Crippen molar-refractivity contribution in [2.75, 3.05) is 13.2 Å². The van der Waals surface area contributed by atoms with Crippen molar-refractivity contribution in [3.05, 3.63) is 0 Å². The van der Waals surface area contributed by atoms with E-state index in [0.717, 1.165) is 12.8 Å². The molecule has 1 heterocycles. The second-order valence-corrected chi connectivity index (χ2v) is 4.53. The molecule has 0 aromatic carbocycles. The van der Waals surface area contributed by atoms with Crippen LogP contribution in [0.15, 0.2) is 0 Å². The normalized spacial score (nSPS) is 30.1. The molecule has 1 saturated heterocycles. The van der Waals surface area contributed by atoms with Gasteiger partial charge in [-0.05, 0) is 12.8 Å². The van der Waals surface area contributed by atoms with Crippen LogP contribution in [0, 0.1) is 5.41 Å². The third-order valence-electron chi connectivity index (χ3n) is 3.84. The van der Waals surface area contributed by atoms with Crippen LogP contribution in [0.5, 0.6) is 0 Å². The molecular weight excluding hydrogens is 182 g/mol. The molecule has 0 radical (unpaired) electrons. The molecule has 2 N–H and O–H groups in total. The maximum absolute atomic E-state index is 10.8. The van der Waals surface area contributed by atoms with E-state index in [0.29, 0.717) is 6.54 Å². The van der Waals surface area contributed by atoms with Crippen LogP contribution < -0.4 is 0 Å². The fourth-order valence-electron chi connectivity index (χ4n) is 3.01. The van der Waals surface area contributed by atoms with E-state index in [4.69, 9.17) is 5.11 Å². The molecule has 0 bridgehead atoms. The van der Waals surface area contributed by atoms with Gasteiger partial charge in [-0.2, -0.15) is 0 Å². The highest BCUT2D eigenvalue weighted by atomic mass is 16.4. The fraction of sp³-hybridized carbons (Fsp3) is 0.900. The average molecular weight is 199 g/mol. The monoisotopic (exact) mass is 199 g/mol. The first-order valence-electron chi connectivity index (χ1n) is 5.30. The molecular formula is C10H17NO3. The molecule has 14 heavy (non-hydrogen) atoms. The van der Waals surface area contributed by atoms with E-state index in [1.165, 1.54) is 24.2 Å². The lowest BCUT2D eigenvalue weighted by Gasteiger charge is -2.57. The van der Waals surface area contributed by atoms with Gasteiger partial charge in [0.05, 0.1) is 12.6 Å². The number of carboxylic acid groups (broad SMARTS) is 1. The van der Waals surface area contributed by atoms with Crippen LogP contribution in [0.2, 0.25) is 0 Å². The van der Waals surface area contributed by atoms with E-state index in [1.807, 2.05) is 0 Å². The minimum Gasteiger partial charge on any atom is -0.465 e. The summed E-state index contributed by atoms with van der Waals surface area (Å²) in [5.41, 5.74) is 0.116. The summed E-state index contributed by atoms with van der Waals surface area (Å²) in [6.45, 7) is 0.611. The van der Waals surface area contributed by atoms with Crippen molar-refractivity contribution in [1.82, 2.24) is 4.90 Å². The summed E-state index contributed by atoms with van der Waals surface area (Å²) in [4.78, 5) is 12.2. The Bertz CT molecular complexity index is 236. The SMILES string of the molecule is O=C(O)N1CC2(CCCCC2)C1CO. The minimum absolute atomic E-state index is 0.0215. The zero-order chi connectivity index (χ0) is 10.2. The van der Waals surface area contributed by atoms with Crippen LogP contribution in [-0.4, -0.2) is 40.4 Å². The summed E-state index contributed by atoms with van der Waals surface area (Å²) in [5.74, 6) is 0. The summed E-state index contributed by atoms with van der Waals surface area (Å²) in [6.07, 6.45) is 4.91. The molecule has 80 valence electrons. The van der Waals surface area contributed by atoms with Gasteiger partial charge in [0.25, 0.3) is 0 Å². The van der Waals surface area contributed by atoms with Gasteiger partial charge in [0.15, 0.2) is 0 Å². The van der Waals surface area contributed by atoms with Gasteiger partial charge in [0.1, 0.15) is 0 Å². The van der Waals surface area contributed by atoms with Gasteiger partial charge in [-0.1, -0.05) is 19.3 Å². The van der Waals surface area contributed by atoms with Crippen LogP contribution in [0.4, 0.5) is 4.79 Å². The zero-order valence-electron chi connectivity index (χ0n) is 8.28. The lowest BCUT2D eigenvalue weighted by Crippen LogP contribution is -2.67. The van der Waals surface area contributed by atoms with Crippen LogP contribution in [0.1, 0.15) is 32.1 Å². The van der Waals surface area contributed by atoms with Crippen molar-refractivity contribution in [3.63, 3.8) is 0 Å². The minimum atomic E-state index is -0.889. The predicted octanol–water partition coefficient (Wildman–Crippen LogP) is 1.29. The van der Waals surface area contributed by atoms with Gasteiger partial charge >= 0.3 is 6.09 Å². The van der Waals surface area contributed by atoms with Crippen LogP contribution in [0.25, 0.3) is 0 Å². The molecule has 2 aliphatic rings. The number of aliphatic hydroxyl groups excluding tert-OH is 1. The van der Waals surface area contributed by atoms with Crippen molar-refractivity contribution >= 4 is 6.09 Å². The average Bonchev–Trinajstić information content (AvgIpc) is 2.16. The van der Waals surface area contributed by atoms with Crippen LogP contribution in [0.3, 0.4) is 0 Å². The molecule has 1 aliphatic carbocycles. The van der Waals surface area contributed by atoms with Gasteiger partial charge in [-0.15, -0.1) is 0 Å². The number of aliphatic hydroxyl groups is 1. The number of carbonyl (C=O) groups is 1. The van der Waals surface area contributed by atoms with Gasteiger partial charge in [0.2, 0.25) is 0 Å². The Kier molecular flexibility index (Phi) is 2.39. The van der Waals surface area contributed by atoms with Crippen molar-refractivity contribution in [1.29, 1.82) is 0 Å². The Hall–Kier alpha value is -0.770. The van der Waals surface area contributed by atoms with E-state index < -0.39 is 6.09 Å². The van der Waals surface area contributed by atoms with Gasteiger partial charge in [0, 0.05) is 12.0 Å². The molecule has 1 aliphatic heterocycles. The summed E-state index contributed by atoms with van der Waals surface area (Å²) < 4.78 is 0. The quantitative estimate of drug-likeness (QED) is 0.669. The molecule has 4 nitrogen and oxygen atoms in total. The second kappa shape index (κ2) is 3.42. The maximum atomic E-state index is 10.8. The number of rotatable bonds is 1. The molecule has 1 spiro atoms. The third kappa shape index (κ3) is 1.29. The molecule has 2 fully saturated rings. The summed E-state index contributed by atoms with van der Waals surface area (Å²) >= 11 is 0. The Morgan fingerprint density at radius 1 is 1.36 bits per heavy atom. The summed E-state index contributed by atoms with van der Waals surface area (Å²) in [5, 5.41) is 18.1. The number of hydrogen-bond donors (Lipinski definition) is 2. The molecule has 1 saturated carbocycles. The molecule has 0 aromatic rings. The summed E-state index contributed by atoms with van der Waals surface area (Å²) in [6, 6.07) is -0.139.